The van der Waals surface area contributed by atoms with Crippen LogP contribution >= 0.6 is 0 Å². The lowest BCUT2D eigenvalue weighted by Gasteiger charge is -1.98. The third kappa shape index (κ3) is 3.45. The zero-order valence-electron chi connectivity index (χ0n) is 11.1. The molecule has 0 aliphatic heterocycles. The highest BCUT2D eigenvalue weighted by molar-refractivity contribution is 5.98. The molecule has 1 heterocycles. The molecule has 0 saturated heterocycles. The van der Waals surface area contributed by atoms with Crippen molar-refractivity contribution in [1.29, 1.82) is 0 Å². The number of nitrogens with zero attached hydrogens (tertiary/aromatic N) is 1. The topological polar surface area (TPSA) is 59.3 Å². The van der Waals surface area contributed by atoms with Crippen LogP contribution in [0.1, 0.15) is 21.6 Å². The van der Waals surface area contributed by atoms with E-state index in [0.29, 0.717) is 17.7 Å². The highest BCUT2D eigenvalue weighted by Gasteiger charge is 2.10. The molecular formula is C16H15NO3. The summed E-state index contributed by atoms with van der Waals surface area (Å²) in [5.41, 5.74) is 2.23. The zero-order valence-corrected chi connectivity index (χ0v) is 11.1. The molecule has 1 aromatic carbocycles. The van der Waals surface area contributed by atoms with Gasteiger partial charge in [0.2, 0.25) is 0 Å². The fourth-order valence-electron chi connectivity index (χ4n) is 1.94. The number of aryl methyl sites for hydroxylation is 1. The Morgan fingerprint density at radius 1 is 1.25 bits per heavy atom. The number of aliphatic carboxylic acids is 1. The first-order chi connectivity index (χ1) is 9.56. The van der Waals surface area contributed by atoms with Gasteiger partial charge in [0.25, 0.3) is 0 Å². The maximum Gasteiger partial charge on any atom is 0.328 e. The fraction of sp³-hybridized carbons (Fsp3) is 0.125. The second-order valence-electron chi connectivity index (χ2n) is 4.52. The van der Waals surface area contributed by atoms with Crippen LogP contribution in [0.15, 0.2) is 48.7 Å². The smallest absolute Gasteiger partial charge is 0.328 e. The quantitative estimate of drug-likeness (QED) is 0.670. The van der Waals surface area contributed by atoms with E-state index in [4.69, 9.17) is 5.11 Å². The van der Waals surface area contributed by atoms with Crippen molar-refractivity contribution in [2.24, 2.45) is 7.05 Å². The number of carboxylic acids is 1. The summed E-state index contributed by atoms with van der Waals surface area (Å²) in [6.07, 6.45) is 4.59. The van der Waals surface area contributed by atoms with E-state index in [0.717, 1.165) is 11.6 Å². The molecule has 0 saturated carbocycles. The predicted octanol–water partition coefficient (Wildman–Crippen LogP) is 2.55. The van der Waals surface area contributed by atoms with E-state index in [1.54, 1.807) is 23.9 Å². The van der Waals surface area contributed by atoms with Crippen LogP contribution in [0.25, 0.3) is 6.08 Å². The number of carbonyl (C=O) groups is 2. The predicted molar refractivity (Wildman–Crippen MR) is 76.6 cm³/mol. The Bertz CT molecular complexity index is 654. The summed E-state index contributed by atoms with van der Waals surface area (Å²) >= 11 is 0. The summed E-state index contributed by atoms with van der Waals surface area (Å²) in [7, 11) is 1.78. The van der Waals surface area contributed by atoms with E-state index in [1.807, 2.05) is 30.3 Å². The maximum atomic E-state index is 12.2. The molecule has 2 aromatic rings. The number of ketones is 1. The van der Waals surface area contributed by atoms with E-state index in [-0.39, 0.29) is 5.78 Å². The van der Waals surface area contributed by atoms with Crippen LogP contribution in [0.5, 0.6) is 0 Å². The Labute approximate surface area is 117 Å². The monoisotopic (exact) mass is 269 g/mol. The van der Waals surface area contributed by atoms with Gasteiger partial charge in [-0.15, -0.1) is 0 Å². The van der Waals surface area contributed by atoms with Crippen molar-refractivity contribution in [3.8, 4) is 0 Å². The molecule has 1 N–H and O–H groups in total. The first-order valence-corrected chi connectivity index (χ1v) is 6.21. The van der Waals surface area contributed by atoms with E-state index < -0.39 is 5.97 Å². The van der Waals surface area contributed by atoms with Crippen molar-refractivity contribution in [3.05, 3.63) is 65.5 Å². The van der Waals surface area contributed by atoms with Crippen LogP contribution in [-0.2, 0) is 18.3 Å². The first-order valence-electron chi connectivity index (χ1n) is 6.21. The largest absolute Gasteiger partial charge is 0.478 e. The van der Waals surface area contributed by atoms with Crippen LogP contribution in [0.3, 0.4) is 0 Å². The van der Waals surface area contributed by atoms with Gasteiger partial charge in [-0.05, 0) is 17.7 Å². The van der Waals surface area contributed by atoms with Gasteiger partial charge in [0.1, 0.15) is 0 Å². The Morgan fingerprint density at radius 2 is 1.95 bits per heavy atom. The lowest BCUT2D eigenvalue weighted by atomic mass is 10.1. The third-order valence-corrected chi connectivity index (χ3v) is 2.97. The van der Waals surface area contributed by atoms with Gasteiger partial charge in [0.05, 0.1) is 0 Å². The summed E-state index contributed by atoms with van der Waals surface area (Å²) in [6, 6.07) is 11.2. The van der Waals surface area contributed by atoms with Crippen molar-refractivity contribution in [2.45, 2.75) is 6.42 Å². The number of Topliss-reactive ketones (excluding diaryl/α,β-unsaturated/α-hetero) is 1. The minimum absolute atomic E-state index is 0.0155. The van der Waals surface area contributed by atoms with Crippen LogP contribution < -0.4 is 0 Å². The zero-order chi connectivity index (χ0) is 14.5. The molecular weight excluding hydrogens is 254 g/mol. The molecule has 0 atom stereocenters. The van der Waals surface area contributed by atoms with E-state index in [1.165, 1.54) is 6.08 Å². The molecule has 20 heavy (non-hydrogen) atoms. The highest BCUT2D eigenvalue weighted by Crippen LogP contribution is 2.12. The van der Waals surface area contributed by atoms with Gasteiger partial charge in [0.15, 0.2) is 5.78 Å². The lowest BCUT2D eigenvalue weighted by Crippen LogP contribution is -2.02. The normalized spacial score (nSPS) is 10.8. The molecule has 2 rings (SSSR count). The second kappa shape index (κ2) is 6.02. The number of benzene rings is 1. The van der Waals surface area contributed by atoms with Gasteiger partial charge in [-0.1, -0.05) is 30.3 Å². The highest BCUT2D eigenvalue weighted by atomic mass is 16.4. The number of carbonyl (C=O) groups excluding carboxylic acids is 1. The van der Waals surface area contributed by atoms with Crippen LogP contribution in [0, 0.1) is 0 Å². The SMILES string of the molecule is Cn1cc(C(=O)Cc2ccccc2)cc1/C=C/C(=O)O. The Balaban J connectivity index is 2.15. The molecule has 4 nitrogen and oxygen atoms in total. The van der Waals surface area contributed by atoms with Gasteiger partial charge in [0, 0.05) is 37.0 Å². The van der Waals surface area contributed by atoms with E-state index in [2.05, 4.69) is 0 Å². The van der Waals surface area contributed by atoms with Gasteiger partial charge in [-0.25, -0.2) is 4.79 Å². The number of rotatable bonds is 5. The van der Waals surface area contributed by atoms with Crippen molar-refractivity contribution in [1.82, 2.24) is 4.57 Å². The average molecular weight is 269 g/mol. The molecule has 102 valence electrons. The molecule has 0 bridgehead atoms. The van der Waals surface area contributed by atoms with Crippen LogP contribution in [0.2, 0.25) is 0 Å². The average Bonchev–Trinajstić information content (AvgIpc) is 2.79. The summed E-state index contributed by atoms with van der Waals surface area (Å²) in [6.45, 7) is 0. The first kappa shape index (κ1) is 13.8. The number of aromatic nitrogens is 1. The third-order valence-electron chi connectivity index (χ3n) is 2.97. The molecule has 0 unspecified atom stereocenters. The molecule has 0 amide bonds. The van der Waals surface area contributed by atoms with Gasteiger partial charge in [-0.2, -0.15) is 0 Å². The summed E-state index contributed by atoms with van der Waals surface area (Å²) in [5.74, 6) is -0.995. The van der Waals surface area contributed by atoms with Gasteiger partial charge >= 0.3 is 5.97 Å². The van der Waals surface area contributed by atoms with E-state index in [9.17, 15) is 9.59 Å². The summed E-state index contributed by atoms with van der Waals surface area (Å²) in [5, 5.41) is 8.61. The molecule has 0 spiro atoms. The molecule has 0 fully saturated rings. The maximum absolute atomic E-state index is 12.2. The Morgan fingerprint density at radius 3 is 2.60 bits per heavy atom. The number of carboxylic acid groups (broad SMARTS) is 1. The molecule has 1 aromatic heterocycles. The number of hydrogen-bond acceptors (Lipinski definition) is 2. The van der Waals surface area contributed by atoms with Crippen LogP contribution in [-0.4, -0.2) is 21.4 Å². The molecule has 4 heteroatoms. The van der Waals surface area contributed by atoms with Gasteiger partial charge in [-0.3, -0.25) is 4.79 Å². The standard InChI is InChI=1S/C16H15NO3/c1-17-11-13(10-14(17)7-8-16(19)20)15(18)9-12-5-3-2-4-6-12/h2-8,10-11H,9H2,1H3,(H,19,20)/b8-7+. The minimum atomic E-state index is -1.01. The van der Waals surface area contributed by atoms with Crippen molar-refractivity contribution < 1.29 is 14.7 Å². The minimum Gasteiger partial charge on any atom is -0.478 e. The van der Waals surface area contributed by atoms with Crippen molar-refractivity contribution in [3.63, 3.8) is 0 Å². The van der Waals surface area contributed by atoms with Gasteiger partial charge < -0.3 is 9.67 Å². The van der Waals surface area contributed by atoms with E-state index >= 15 is 0 Å². The molecule has 0 aliphatic carbocycles. The van der Waals surface area contributed by atoms with Crippen molar-refractivity contribution >= 4 is 17.8 Å². The molecule has 0 aliphatic rings. The van der Waals surface area contributed by atoms with Crippen LogP contribution in [0.4, 0.5) is 0 Å². The Kier molecular flexibility index (Phi) is 4.15. The van der Waals surface area contributed by atoms with Crippen molar-refractivity contribution in [2.75, 3.05) is 0 Å². The summed E-state index contributed by atoms with van der Waals surface area (Å²) < 4.78 is 1.73. The second-order valence-corrected chi connectivity index (χ2v) is 4.52. The lowest BCUT2D eigenvalue weighted by molar-refractivity contribution is -0.131. The fourth-order valence-corrected chi connectivity index (χ4v) is 1.94. The molecule has 0 radical (unpaired) electrons. The Hall–Kier alpha value is -2.62. The summed E-state index contributed by atoms with van der Waals surface area (Å²) in [4.78, 5) is 22.7. The number of hydrogen-bond donors (Lipinski definition) is 1.